The van der Waals surface area contributed by atoms with Crippen LogP contribution in [0.15, 0.2) is 12.2 Å². The molecule has 11 heteroatoms. The maximum atomic E-state index is 7.04. The van der Waals surface area contributed by atoms with Crippen LogP contribution < -0.4 is 0 Å². The van der Waals surface area contributed by atoms with Crippen LogP contribution in [0.3, 0.4) is 0 Å². The van der Waals surface area contributed by atoms with Gasteiger partial charge in [0.25, 0.3) is 0 Å². The summed E-state index contributed by atoms with van der Waals surface area (Å²) in [4.78, 5) is 0. The minimum absolute atomic E-state index is 0.0888. The molecule has 0 aromatic carbocycles. The Morgan fingerprint density at radius 1 is 0.578 bits per heavy atom. The average Bonchev–Trinajstić information content (AvgIpc) is 2.92. The highest BCUT2D eigenvalue weighted by molar-refractivity contribution is 6.76. The van der Waals surface area contributed by atoms with Crippen LogP contribution >= 0.6 is 0 Å². The van der Waals surface area contributed by atoms with Crippen LogP contribution in [0, 0.1) is 0 Å². The highest BCUT2D eigenvalue weighted by Crippen LogP contribution is 2.38. The maximum absolute atomic E-state index is 7.04. The van der Waals surface area contributed by atoms with Crippen molar-refractivity contribution >= 4 is 32.8 Å². The van der Waals surface area contributed by atoms with Crippen molar-refractivity contribution in [2.24, 2.45) is 0 Å². The Kier molecular flexibility index (Phi) is 17.7. The fraction of sp³-hybridized carbons (Fsp3) is 0.941. The Morgan fingerprint density at radius 2 is 0.911 bits per heavy atom. The summed E-state index contributed by atoms with van der Waals surface area (Å²) in [6.45, 7) is 39.8. The Bertz CT molecular complexity index is 787. The SMILES string of the molecule is CC(C)(C)[Si](C)(C)OC[C@@H]1O[C@H](CO[Si](C)(C)C(C)(C)C)[C@H](OCOCC[Si](C)(C)C)C/C=C\C[C@@H]1OCOCC[Si](C)(C)C. The topological polar surface area (TPSA) is 64.6 Å². The van der Waals surface area contributed by atoms with E-state index in [4.69, 9.17) is 32.5 Å². The molecular weight excluding hydrogens is 633 g/mol. The highest BCUT2D eigenvalue weighted by Gasteiger charge is 2.42. The van der Waals surface area contributed by atoms with Crippen LogP contribution in [0.4, 0.5) is 0 Å². The summed E-state index contributed by atoms with van der Waals surface area (Å²) in [6, 6.07) is 2.22. The van der Waals surface area contributed by atoms with Crippen LogP contribution in [0.5, 0.6) is 0 Å². The maximum Gasteiger partial charge on any atom is 0.192 e. The van der Waals surface area contributed by atoms with E-state index in [1.807, 2.05) is 0 Å². The van der Waals surface area contributed by atoms with E-state index in [2.05, 4.69) is 119 Å². The third kappa shape index (κ3) is 17.5. The van der Waals surface area contributed by atoms with Gasteiger partial charge in [-0.1, -0.05) is 93.0 Å². The summed E-state index contributed by atoms with van der Waals surface area (Å²) in [5.41, 5.74) is 0. The molecule has 1 rings (SSSR count). The second-order valence-electron chi connectivity index (χ2n) is 18.4. The Morgan fingerprint density at radius 3 is 1.20 bits per heavy atom. The summed E-state index contributed by atoms with van der Waals surface area (Å²) in [5, 5.41) is 0.178. The minimum atomic E-state index is -2.04. The van der Waals surface area contributed by atoms with Gasteiger partial charge in [0.05, 0.1) is 25.4 Å². The van der Waals surface area contributed by atoms with Crippen molar-refractivity contribution < 1.29 is 32.5 Å². The van der Waals surface area contributed by atoms with E-state index in [0.29, 0.717) is 13.2 Å². The highest BCUT2D eigenvalue weighted by atomic mass is 28.4. The zero-order valence-electron chi connectivity index (χ0n) is 32.4. The number of rotatable bonds is 18. The van der Waals surface area contributed by atoms with Crippen molar-refractivity contribution in [3.8, 4) is 0 Å². The molecule has 1 heterocycles. The molecule has 0 aliphatic carbocycles. The van der Waals surface area contributed by atoms with Crippen LogP contribution in [0.1, 0.15) is 54.4 Å². The van der Waals surface area contributed by atoms with Gasteiger partial charge in [-0.2, -0.15) is 0 Å². The van der Waals surface area contributed by atoms with Gasteiger partial charge < -0.3 is 32.5 Å². The first-order valence-electron chi connectivity index (χ1n) is 17.3. The molecule has 0 aromatic rings. The molecule has 0 spiro atoms. The van der Waals surface area contributed by atoms with E-state index in [0.717, 1.165) is 38.1 Å². The number of hydrogen-bond donors (Lipinski definition) is 0. The fourth-order valence-electron chi connectivity index (χ4n) is 3.97. The molecule has 7 nitrogen and oxygen atoms in total. The summed E-state index contributed by atoms with van der Waals surface area (Å²) in [5.74, 6) is 0. The summed E-state index contributed by atoms with van der Waals surface area (Å²) >= 11 is 0. The quantitative estimate of drug-likeness (QED) is 0.0609. The molecule has 0 bridgehead atoms. The first-order valence-corrected chi connectivity index (χ1v) is 30.5. The Labute approximate surface area is 283 Å². The average molecular weight is 707 g/mol. The third-order valence-electron chi connectivity index (χ3n) is 9.64. The molecule has 4 atom stereocenters. The molecule has 1 aliphatic heterocycles. The van der Waals surface area contributed by atoms with Crippen LogP contribution in [0.25, 0.3) is 0 Å². The monoisotopic (exact) mass is 706 g/mol. The smallest absolute Gasteiger partial charge is 0.192 e. The van der Waals surface area contributed by atoms with Gasteiger partial charge in [0, 0.05) is 29.4 Å². The molecule has 45 heavy (non-hydrogen) atoms. The predicted octanol–water partition coefficient (Wildman–Crippen LogP) is 9.53. The summed E-state index contributed by atoms with van der Waals surface area (Å²) < 4.78 is 45.5. The standard InChI is InChI=1S/C34H74O7Si4/c1-33(2,3)44(13,14)39-25-31-29(37-27-35-21-23-42(7,8)9)19-17-18-20-30(38-28-36-22-24-43(10,11)12)32(41-31)26-40-45(15,16)34(4,5)6/h17-18,29-32H,19-28H2,1-16H3/b18-17-/t29-,30+,31-,32+. The van der Waals surface area contributed by atoms with E-state index in [1.54, 1.807) is 0 Å². The van der Waals surface area contributed by atoms with Crippen molar-refractivity contribution in [1.82, 2.24) is 0 Å². The molecule has 268 valence electrons. The zero-order chi connectivity index (χ0) is 34.7. The van der Waals surface area contributed by atoms with Crippen molar-refractivity contribution in [1.29, 1.82) is 0 Å². The van der Waals surface area contributed by atoms with Gasteiger partial charge in [0.2, 0.25) is 0 Å². The van der Waals surface area contributed by atoms with Gasteiger partial charge in [-0.25, -0.2) is 0 Å². The Hall–Kier alpha value is 0.328. The molecule has 0 saturated heterocycles. The molecule has 0 unspecified atom stereocenters. The van der Waals surface area contributed by atoms with E-state index in [-0.39, 0.29) is 48.1 Å². The van der Waals surface area contributed by atoms with E-state index >= 15 is 0 Å². The number of hydrogen-bond acceptors (Lipinski definition) is 7. The molecule has 0 saturated carbocycles. The van der Waals surface area contributed by atoms with E-state index in [9.17, 15) is 0 Å². The van der Waals surface area contributed by atoms with Crippen LogP contribution in [0.2, 0.25) is 87.6 Å². The summed E-state index contributed by atoms with van der Waals surface area (Å²) in [7, 11) is -6.43. The minimum Gasteiger partial charge on any atom is -0.414 e. The molecule has 0 radical (unpaired) electrons. The molecule has 0 aromatic heterocycles. The largest absolute Gasteiger partial charge is 0.414 e. The predicted molar refractivity (Wildman–Crippen MR) is 201 cm³/mol. The van der Waals surface area contributed by atoms with E-state index < -0.39 is 32.8 Å². The van der Waals surface area contributed by atoms with Gasteiger partial charge in [-0.3, -0.25) is 0 Å². The lowest BCUT2D eigenvalue weighted by molar-refractivity contribution is -0.194. The molecule has 0 fully saturated rings. The molecule has 1 aliphatic rings. The molecule has 0 N–H and O–H groups in total. The van der Waals surface area contributed by atoms with Crippen molar-refractivity contribution in [2.75, 3.05) is 40.0 Å². The lowest BCUT2D eigenvalue weighted by Crippen LogP contribution is -2.50. The van der Waals surface area contributed by atoms with Gasteiger partial charge in [-0.05, 0) is 61.2 Å². The van der Waals surface area contributed by atoms with Crippen molar-refractivity contribution in [3.63, 3.8) is 0 Å². The van der Waals surface area contributed by atoms with Crippen LogP contribution in [-0.4, -0.2) is 97.2 Å². The molecular formula is C34H74O7Si4. The van der Waals surface area contributed by atoms with Crippen molar-refractivity contribution in [3.05, 3.63) is 12.2 Å². The summed E-state index contributed by atoms with van der Waals surface area (Å²) in [6.07, 6.45) is 4.84. The second-order valence-corrected chi connectivity index (χ2v) is 39.2. The fourth-order valence-corrected chi connectivity index (χ4v) is 7.51. The van der Waals surface area contributed by atoms with Crippen molar-refractivity contribution in [2.45, 2.75) is 166 Å². The molecule has 0 amide bonds. The second kappa shape index (κ2) is 18.4. The van der Waals surface area contributed by atoms with E-state index in [1.165, 1.54) is 0 Å². The first kappa shape index (κ1) is 43.3. The zero-order valence-corrected chi connectivity index (χ0v) is 36.4. The third-order valence-corrected chi connectivity index (χ3v) is 22.0. The lowest BCUT2D eigenvalue weighted by atomic mass is 10.1. The van der Waals surface area contributed by atoms with Gasteiger partial charge in [0.1, 0.15) is 25.8 Å². The number of ether oxygens (including phenoxy) is 5. The Balaban J connectivity index is 3.25. The van der Waals surface area contributed by atoms with Gasteiger partial charge in [0.15, 0.2) is 16.6 Å². The van der Waals surface area contributed by atoms with Gasteiger partial charge in [-0.15, -0.1) is 0 Å². The normalized spacial score (nSPS) is 23.8. The first-order chi connectivity index (χ1) is 20.3. The van der Waals surface area contributed by atoms with Gasteiger partial charge >= 0.3 is 0 Å². The van der Waals surface area contributed by atoms with Crippen LogP contribution in [-0.2, 0) is 32.5 Å². The lowest BCUT2D eigenvalue weighted by Gasteiger charge is -2.41.